The molecule has 0 spiro atoms. The molecule has 31 heavy (non-hydrogen) atoms. The molecule has 8 heteroatoms. The van der Waals surface area contributed by atoms with Gasteiger partial charge < -0.3 is 25.7 Å². The molecule has 1 aliphatic rings. The summed E-state index contributed by atoms with van der Waals surface area (Å²) in [4.78, 5) is 36.4. The molecule has 0 aromatic heterocycles. The van der Waals surface area contributed by atoms with E-state index in [-0.39, 0.29) is 31.1 Å². The Morgan fingerprint density at radius 3 is 2.39 bits per heavy atom. The zero-order valence-corrected chi connectivity index (χ0v) is 17.3. The van der Waals surface area contributed by atoms with Crippen LogP contribution in [0, 0.1) is 0 Å². The summed E-state index contributed by atoms with van der Waals surface area (Å²) < 4.78 is 15.9. The zero-order valence-electron chi connectivity index (χ0n) is 17.3. The fraction of sp³-hybridized carbons (Fsp3) is 0.261. The van der Waals surface area contributed by atoms with E-state index in [2.05, 4.69) is 0 Å². The largest absolute Gasteiger partial charge is 0.466 e. The summed E-state index contributed by atoms with van der Waals surface area (Å²) in [7, 11) is 0. The van der Waals surface area contributed by atoms with E-state index in [0.29, 0.717) is 16.9 Å². The maximum absolute atomic E-state index is 12.6. The molecule has 162 valence electrons. The Bertz CT molecular complexity index is 1060. The Morgan fingerprint density at radius 1 is 1.00 bits per heavy atom. The molecular weight excluding hydrogens is 400 g/mol. The van der Waals surface area contributed by atoms with Crippen LogP contribution in [0.15, 0.2) is 53.9 Å². The fourth-order valence-electron chi connectivity index (χ4n) is 3.50. The van der Waals surface area contributed by atoms with Crippen molar-refractivity contribution in [2.75, 3.05) is 13.2 Å². The number of primary amides is 1. The minimum atomic E-state index is -0.707. The first-order valence-electron chi connectivity index (χ1n) is 9.90. The third-order valence-electron chi connectivity index (χ3n) is 4.87. The predicted octanol–water partition coefficient (Wildman–Crippen LogP) is 2.62. The molecule has 8 nitrogen and oxygen atoms in total. The van der Waals surface area contributed by atoms with Crippen LogP contribution < -0.4 is 16.2 Å². The number of hydrogen-bond donors (Lipinski definition) is 2. The summed E-state index contributed by atoms with van der Waals surface area (Å²) in [5.41, 5.74) is 13.9. The molecule has 2 aromatic carbocycles. The van der Waals surface area contributed by atoms with Crippen molar-refractivity contribution >= 4 is 17.8 Å². The Morgan fingerprint density at radius 2 is 1.71 bits per heavy atom. The summed E-state index contributed by atoms with van der Waals surface area (Å²) in [5, 5.41) is 0. The summed E-state index contributed by atoms with van der Waals surface area (Å²) in [6.07, 6.45) is -0.107. The molecule has 4 N–H and O–H groups in total. The van der Waals surface area contributed by atoms with Crippen molar-refractivity contribution in [1.82, 2.24) is 0 Å². The summed E-state index contributed by atoms with van der Waals surface area (Å²) in [6.45, 7) is 3.74. The topological polar surface area (TPSA) is 131 Å². The molecule has 1 amide bonds. The standard InChI is InChI=1S/C23H24N2O6/c1-3-29-19(26)12-17-16-11-14(13-6-5-7-15(10-13)21(24)27)8-9-18(16)31-22(25)20(17)23(28)30-4-2/h5-11,17H,3-4,12,25H2,1-2H3,(H2,24,27). The monoisotopic (exact) mass is 424 g/mol. The lowest BCUT2D eigenvalue weighted by Gasteiger charge is -2.28. The van der Waals surface area contributed by atoms with E-state index in [0.717, 1.165) is 11.1 Å². The molecule has 1 aliphatic heterocycles. The molecular formula is C23H24N2O6. The van der Waals surface area contributed by atoms with Crippen LogP contribution in [0.5, 0.6) is 5.75 Å². The smallest absolute Gasteiger partial charge is 0.340 e. The lowest BCUT2D eigenvalue weighted by molar-refractivity contribution is -0.143. The van der Waals surface area contributed by atoms with E-state index in [1.165, 1.54) is 0 Å². The van der Waals surface area contributed by atoms with Gasteiger partial charge in [-0.1, -0.05) is 18.2 Å². The van der Waals surface area contributed by atoms with E-state index in [1.807, 2.05) is 6.07 Å². The van der Waals surface area contributed by atoms with E-state index < -0.39 is 23.8 Å². The Kier molecular flexibility index (Phi) is 6.59. The second-order valence-electron chi connectivity index (χ2n) is 6.86. The number of carbonyl (C=O) groups is 3. The van der Waals surface area contributed by atoms with Crippen LogP contribution in [0.2, 0.25) is 0 Å². The Hall–Kier alpha value is -3.81. The highest BCUT2D eigenvalue weighted by Crippen LogP contribution is 2.42. The highest BCUT2D eigenvalue weighted by molar-refractivity contribution is 5.94. The average Bonchev–Trinajstić information content (AvgIpc) is 2.74. The van der Waals surface area contributed by atoms with Crippen molar-refractivity contribution in [2.45, 2.75) is 26.2 Å². The third kappa shape index (κ3) is 4.69. The van der Waals surface area contributed by atoms with Gasteiger partial charge in [-0.15, -0.1) is 0 Å². The lowest BCUT2D eigenvalue weighted by Crippen LogP contribution is -2.28. The van der Waals surface area contributed by atoms with Crippen LogP contribution in [-0.4, -0.2) is 31.1 Å². The van der Waals surface area contributed by atoms with Crippen molar-refractivity contribution < 1.29 is 28.6 Å². The van der Waals surface area contributed by atoms with Gasteiger partial charge in [-0.3, -0.25) is 9.59 Å². The molecule has 0 saturated heterocycles. The number of esters is 2. The quantitative estimate of drug-likeness (QED) is 0.653. The van der Waals surface area contributed by atoms with Crippen molar-refractivity contribution in [3.63, 3.8) is 0 Å². The number of benzene rings is 2. The van der Waals surface area contributed by atoms with Crippen LogP contribution >= 0.6 is 0 Å². The van der Waals surface area contributed by atoms with Crippen molar-refractivity contribution in [3.8, 4) is 16.9 Å². The van der Waals surface area contributed by atoms with E-state index in [1.54, 1.807) is 50.2 Å². The summed E-state index contributed by atoms with van der Waals surface area (Å²) in [6, 6.07) is 12.1. The maximum atomic E-state index is 12.6. The lowest BCUT2D eigenvalue weighted by atomic mass is 9.84. The number of fused-ring (bicyclic) bond motifs is 1. The average molecular weight is 424 g/mol. The molecule has 1 unspecified atom stereocenters. The molecule has 0 fully saturated rings. The number of amides is 1. The maximum Gasteiger partial charge on any atom is 0.340 e. The number of carbonyl (C=O) groups excluding carboxylic acids is 3. The third-order valence-corrected chi connectivity index (χ3v) is 4.87. The number of nitrogens with two attached hydrogens (primary N) is 2. The first-order chi connectivity index (χ1) is 14.8. The molecule has 1 heterocycles. The van der Waals surface area contributed by atoms with Gasteiger partial charge in [0.2, 0.25) is 11.8 Å². The molecule has 2 aromatic rings. The summed E-state index contributed by atoms with van der Waals surface area (Å²) in [5.74, 6) is -2.06. The normalized spacial score (nSPS) is 15.0. The van der Waals surface area contributed by atoms with Crippen LogP contribution in [0.25, 0.3) is 11.1 Å². The van der Waals surface area contributed by atoms with Gasteiger partial charge in [0.25, 0.3) is 0 Å². The van der Waals surface area contributed by atoms with Crippen LogP contribution in [0.3, 0.4) is 0 Å². The molecule has 1 atom stereocenters. The highest BCUT2D eigenvalue weighted by Gasteiger charge is 2.36. The van der Waals surface area contributed by atoms with Gasteiger partial charge in [-0.05, 0) is 49.2 Å². The van der Waals surface area contributed by atoms with E-state index >= 15 is 0 Å². The first-order valence-corrected chi connectivity index (χ1v) is 9.90. The van der Waals surface area contributed by atoms with Crippen molar-refractivity contribution in [2.24, 2.45) is 11.5 Å². The fourth-order valence-corrected chi connectivity index (χ4v) is 3.50. The molecule has 0 radical (unpaired) electrons. The first kappa shape index (κ1) is 21.9. The van der Waals surface area contributed by atoms with E-state index in [9.17, 15) is 14.4 Å². The minimum Gasteiger partial charge on any atom is -0.466 e. The highest BCUT2D eigenvalue weighted by atomic mass is 16.5. The van der Waals surface area contributed by atoms with Gasteiger partial charge in [0.05, 0.1) is 19.6 Å². The van der Waals surface area contributed by atoms with E-state index in [4.69, 9.17) is 25.7 Å². The predicted molar refractivity (Wildman–Crippen MR) is 113 cm³/mol. The minimum absolute atomic E-state index is 0.0745. The molecule has 0 aliphatic carbocycles. The van der Waals surface area contributed by atoms with Gasteiger partial charge in [0.1, 0.15) is 11.3 Å². The van der Waals surface area contributed by atoms with Gasteiger partial charge in [-0.25, -0.2) is 4.79 Å². The van der Waals surface area contributed by atoms with Gasteiger partial charge >= 0.3 is 11.9 Å². The zero-order chi connectivity index (χ0) is 22.5. The Balaban J connectivity index is 2.09. The second-order valence-corrected chi connectivity index (χ2v) is 6.86. The van der Waals surface area contributed by atoms with Crippen LogP contribution in [-0.2, 0) is 19.1 Å². The van der Waals surface area contributed by atoms with Gasteiger partial charge in [0.15, 0.2) is 0 Å². The number of ether oxygens (including phenoxy) is 3. The second kappa shape index (κ2) is 9.34. The molecule has 3 rings (SSSR count). The SMILES string of the molecule is CCOC(=O)CC1C(C(=O)OCC)=C(N)Oc2ccc(-c3cccc(C(N)=O)c3)cc21. The number of hydrogen-bond acceptors (Lipinski definition) is 7. The van der Waals surface area contributed by atoms with Crippen molar-refractivity contribution in [1.29, 1.82) is 0 Å². The van der Waals surface area contributed by atoms with Gasteiger partial charge in [0, 0.05) is 17.0 Å². The Labute approximate surface area is 179 Å². The van der Waals surface area contributed by atoms with Crippen molar-refractivity contribution in [3.05, 3.63) is 65.0 Å². The van der Waals surface area contributed by atoms with Crippen LogP contribution in [0.1, 0.15) is 42.1 Å². The van der Waals surface area contributed by atoms with Gasteiger partial charge in [-0.2, -0.15) is 0 Å². The molecule has 0 bridgehead atoms. The number of rotatable bonds is 7. The van der Waals surface area contributed by atoms with Crippen LogP contribution in [0.4, 0.5) is 0 Å². The summed E-state index contributed by atoms with van der Waals surface area (Å²) >= 11 is 0. The molecule has 0 saturated carbocycles.